The molecule has 0 saturated carbocycles. The third-order valence-corrected chi connectivity index (χ3v) is 4.99. The van der Waals surface area contributed by atoms with Gasteiger partial charge >= 0.3 is 11.9 Å². The number of nitrogens with zero attached hydrogens (tertiary/aromatic N) is 1. The highest BCUT2D eigenvalue weighted by molar-refractivity contribution is 5.97. The summed E-state index contributed by atoms with van der Waals surface area (Å²) in [7, 11) is 1.40. The molecule has 0 amide bonds. The number of benzene rings is 2. The first kappa shape index (κ1) is 20.9. The summed E-state index contributed by atoms with van der Waals surface area (Å²) in [5, 5.41) is 0. The standard InChI is InChI=1S/C23H28N2O4/c1-16(24)13-17-14-19-9-11-25(21(19)20(15-17)23(27)28-2)10-6-12-29-22(26)18-7-4-3-5-8-18/h3-5,7-8,14-16H,6,9-13,24H2,1-2H3/t16-/m1/s1. The number of methoxy groups -OCH3 is 1. The molecule has 6 nitrogen and oxygen atoms in total. The average molecular weight is 396 g/mol. The van der Waals surface area contributed by atoms with Gasteiger partial charge < -0.3 is 20.1 Å². The molecule has 1 heterocycles. The van der Waals surface area contributed by atoms with E-state index in [1.165, 1.54) is 7.11 Å². The first-order valence-electron chi connectivity index (χ1n) is 9.96. The van der Waals surface area contributed by atoms with Crippen LogP contribution in [0.1, 0.15) is 45.2 Å². The Labute approximate surface area is 171 Å². The van der Waals surface area contributed by atoms with Gasteiger partial charge in [-0.25, -0.2) is 9.59 Å². The highest BCUT2D eigenvalue weighted by Gasteiger charge is 2.27. The van der Waals surface area contributed by atoms with Crippen molar-refractivity contribution in [3.8, 4) is 0 Å². The van der Waals surface area contributed by atoms with E-state index in [0.29, 0.717) is 37.1 Å². The maximum atomic E-state index is 12.4. The van der Waals surface area contributed by atoms with Crippen LogP contribution in [0.4, 0.5) is 5.69 Å². The molecule has 1 aliphatic heterocycles. The molecule has 1 atom stereocenters. The Kier molecular flexibility index (Phi) is 6.88. The van der Waals surface area contributed by atoms with Gasteiger partial charge in [0, 0.05) is 19.1 Å². The molecule has 0 aliphatic carbocycles. The maximum absolute atomic E-state index is 12.4. The number of ether oxygens (including phenoxy) is 2. The van der Waals surface area contributed by atoms with Crippen molar-refractivity contribution in [1.82, 2.24) is 0 Å². The monoisotopic (exact) mass is 396 g/mol. The fourth-order valence-corrected chi connectivity index (χ4v) is 3.75. The number of anilines is 1. The second-order valence-corrected chi connectivity index (χ2v) is 7.42. The van der Waals surface area contributed by atoms with Crippen molar-refractivity contribution in [2.24, 2.45) is 5.73 Å². The number of carbonyl (C=O) groups is 2. The van der Waals surface area contributed by atoms with E-state index in [2.05, 4.69) is 11.0 Å². The molecule has 0 unspecified atom stereocenters. The molecule has 1 aliphatic rings. The van der Waals surface area contributed by atoms with Crippen molar-refractivity contribution in [3.05, 3.63) is 64.7 Å². The van der Waals surface area contributed by atoms with Crippen LogP contribution in [-0.2, 0) is 22.3 Å². The molecule has 3 rings (SSSR count). The minimum atomic E-state index is -0.338. The van der Waals surface area contributed by atoms with Crippen molar-refractivity contribution in [2.45, 2.75) is 32.2 Å². The first-order valence-corrected chi connectivity index (χ1v) is 9.96. The van der Waals surface area contributed by atoms with E-state index < -0.39 is 0 Å². The van der Waals surface area contributed by atoms with E-state index in [1.807, 2.05) is 31.2 Å². The molecule has 0 radical (unpaired) electrons. The summed E-state index contributed by atoms with van der Waals surface area (Å²) < 4.78 is 10.4. The zero-order valence-corrected chi connectivity index (χ0v) is 17.0. The molecule has 0 bridgehead atoms. The van der Waals surface area contributed by atoms with Crippen LogP contribution in [0.3, 0.4) is 0 Å². The average Bonchev–Trinajstić information content (AvgIpc) is 3.12. The van der Waals surface area contributed by atoms with Crippen LogP contribution in [0.15, 0.2) is 42.5 Å². The fraction of sp³-hybridized carbons (Fsp3) is 0.391. The maximum Gasteiger partial charge on any atom is 0.339 e. The zero-order chi connectivity index (χ0) is 20.8. The van der Waals surface area contributed by atoms with E-state index in [9.17, 15) is 9.59 Å². The van der Waals surface area contributed by atoms with Crippen molar-refractivity contribution in [3.63, 3.8) is 0 Å². The van der Waals surface area contributed by atoms with Crippen LogP contribution < -0.4 is 10.6 Å². The minimum absolute atomic E-state index is 0.0235. The SMILES string of the molecule is COC(=O)c1cc(C[C@@H](C)N)cc2c1N(CCCOC(=O)c1ccccc1)CC2. The summed E-state index contributed by atoms with van der Waals surface area (Å²) >= 11 is 0. The summed E-state index contributed by atoms with van der Waals surface area (Å²) in [5.41, 5.74) is 10.2. The van der Waals surface area contributed by atoms with E-state index in [-0.39, 0.29) is 18.0 Å². The second kappa shape index (κ2) is 9.56. The first-order chi connectivity index (χ1) is 14.0. The molecule has 29 heavy (non-hydrogen) atoms. The van der Waals surface area contributed by atoms with E-state index in [1.54, 1.807) is 12.1 Å². The normalized spacial score (nSPS) is 13.7. The lowest BCUT2D eigenvalue weighted by atomic mass is 9.98. The predicted octanol–water partition coefficient (Wildman–Crippen LogP) is 2.97. The lowest BCUT2D eigenvalue weighted by Crippen LogP contribution is -2.25. The van der Waals surface area contributed by atoms with Crippen molar-refractivity contribution >= 4 is 17.6 Å². The number of fused-ring (bicyclic) bond motifs is 1. The molecule has 0 fully saturated rings. The summed E-state index contributed by atoms with van der Waals surface area (Å²) in [6, 6.07) is 13.0. The van der Waals surface area contributed by atoms with Crippen LogP contribution in [0, 0.1) is 0 Å². The van der Waals surface area contributed by atoms with Gasteiger partial charge in [-0.1, -0.05) is 24.3 Å². The van der Waals surface area contributed by atoms with Gasteiger partial charge in [0.1, 0.15) is 0 Å². The number of esters is 2. The molecule has 2 aromatic carbocycles. The smallest absolute Gasteiger partial charge is 0.339 e. The molecule has 154 valence electrons. The molecule has 0 saturated heterocycles. The van der Waals surface area contributed by atoms with Crippen LogP contribution >= 0.6 is 0 Å². The van der Waals surface area contributed by atoms with Gasteiger partial charge in [-0.3, -0.25) is 0 Å². The quantitative estimate of drug-likeness (QED) is 0.546. The lowest BCUT2D eigenvalue weighted by Gasteiger charge is -2.22. The molecule has 0 spiro atoms. The second-order valence-electron chi connectivity index (χ2n) is 7.42. The highest BCUT2D eigenvalue weighted by atomic mass is 16.5. The fourth-order valence-electron chi connectivity index (χ4n) is 3.75. The van der Waals surface area contributed by atoms with E-state index in [4.69, 9.17) is 15.2 Å². The predicted molar refractivity (Wildman–Crippen MR) is 112 cm³/mol. The summed E-state index contributed by atoms with van der Waals surface area (Å²) in [4.78, 5) is 26.6. The third-order valence-electron chi connectivity index (χ3n) is 4.99. The zero-order valence-electron chi connectivity index (χ0n) is 17.0. The molecule has 2 aromatic rings. The van der Waals surface area contributed by atoms with E-state index in [0.717, 1.165) is 29.8 Å². The number of rotatable bonds is 8. The van der Waals surface area contributed by atoms with Gasteiger partial charge in [-0.2, -0.15) is 0 Å². The largest absolute Gasteiger partial charge is 0.465 e. The Morgan fingerprint density at radius 2 is 1.93 bits per heavy atom. The molecular formula is C23H28N2O4. The Balaban J connectivity index is 1.65. The number of hydrogen-bond acceptors (Lipinski definition) is 6. The third kappa shape index (κ3) is 5.15. The van der Waals surface area contributed by atoms with Crippen molar-refractivity contribution < 1.29 is 19.1 Å². The van der Waals surface area contributed by atoms with Gasteiger partial charge in [0.25, 0.3) is 0 Å². The molecular weight excluding hydrogens is 368 g/mol. The lowest BCUT2D eigenvalue weighted by molar-refractivity contribution is 0.0502. The highest BCUT2D eigenvalue weighted by Crippen LogP contribution is 2.34. The topological polar surface area (TPSA) is 81.9 Å². The van der Waals surface area contributed by atoms with E-state index >= 15 is 0 Å². The van der Waals surface area contributed by atoms with Crippen molar-refractivity contribution in [1.29, 1.82) is 0 Å². The van der Waals surface area contributed by atoms with Crippen LogP contribution in [-0.4, -0.2) is 44.8 Å². The summed E-state index contributed by atoms with van der Waals surface area (Å²) in [5.74, 6) is -0.654. The number of nitrogens with two attached hydrogens (primary N) is 1. The van der Waals surface area contributed by atoms with Crippen LogP contribution in [0.25, 0.3) is 0 Å². The minimum Gasteiger partial charge on any atom is -0.465 e. The van der Waals surface area contributed by atoms with Crippen molar-refractivity contribution in [2.75, 3.05) is 31.7 Å². The van der Waals surface area contributed by atoms with Crippen LogP contribution in [0.5, 0.6) is 0 Å². The van der Waals surface area contributed by atoms with Crippen LogP contribution in [0.2, 0.25) is 0 Å². The Hall–Kier alpha value is -2.86. The number of hydrogen-bond donors (Lipinski definition) is 1. The van der Waals surface area contributed by atoms with Gasteiger partial charge in [0.05, 0.1) is 30.5 Å². The Bertz CT molecular complexity index is 865. The Morgan fingerprint density at radius 1 is 1.17 bits per heavy atom. The molecule has 2 N–H and O–H groups in total. The molecule has 0 aromatic heterocycles. The summed E-state index contributed by atoms with van der Waals surface area (Å²) in [6.45, 7) is 3.81. The van der Waals surface area contributed by atoms with Gasteiger partial charge in [-0.05, 0) is 55.5 Å². The van der Waals surface area contributed by atoms with Gasteiger partial charge in [0.2, 0.25) is 0 Å². The number of carbonyl (C=O) groups excluding carboxylic acids is 2. The molecule has 6 heteroatoms. The Morgan fingerprint density at radius 3 is 2.62 bits per heavy atom. The summed E-state index contributed by atoms with van der Waals surface area (Å²) in [6.07, 6.45) is 2.27. The van der Waals surface area contributed by atoms with Gasteiger partial charge in [-0.15, -0.1) is 0 Å². The van der Waals surface area contributed by atoms with Gasteiger partial charge in [0.15, 0.2) is 0 Å².